The number of rotatable bonds is 5. The van der Waals surface area contributed by atoms with E-state index in [1.165, 1.54) is 0 Å². The molecule has 2 amide bonds. The van der Waals surface area contributed by atoms with Crippen LogP contribution in [0.2, 0.25) is 0 Å². The molecule has 1 aromatic carbocycles. The van der Waals surface area contributed by atoms with Crippen LogP contribution in [0.5, 0.6) is 11.5 Å². The predicted molar refractivity (Wildman–Crippen MR) is 97.2 cm³/mol. The molecular weight excluding hydrogens is 330 g/mol. The van der Waals surface area contributed by atoms with Gasteiger partial charge in [0, 0.05) is 6.20 Å². The standard InChI is InChI=1S/C20H23N3O3/c1-13(16-4-2-3-9-21-16)22-20(24)23-19(14-5-6-14)15-7-8-17-18(12-15)26-11-10-25-17/h2-4,7-9,12-14,19H,5-6,10-11H2,1H3,(H2,22,23,24)/t13-,19-/m1/s1. The number of ether oxygens (including phenoxy) is 2. The number of fused-ring (bicyclic) bond motifs is 1. The second-order valence-electron chi connectivity index (χ2n) is 6.81. The smallest absolute Gasteiger partial charge is 0.315 e. The highest BCUT2D eigenvalue weighted by atomic mass is 16.6. The Bertz CT molecular complexity index is 777. The average Bonchev–Trinajstić information content (AvgIpc) is 3.51. The number of hydrogen-bond acceptors (Lipinski definition) is 4. The highest BCUT2D eigenvalue weighted by Gasteiger charge is 2.34. The maximum absolute atomic E-state index is 12.5. The van der Waals surface area contributed by atoms with Gasteiger partial charge in [-0.15, -0.1) is 0 Å². The van der Waals surface area contributed by atoms with Gasteiger partial charge in [-0.25, -0.2) is 4.79 Å². The molecule has 1 saturated carbocycles. The fourth-order valence-electron chi connectivity index (χ4n) is 3.24. The molecule has 1 fully saturated rings. The lowest BCUT2D eigenvalue weighted by Crippen LogP contribution is -2.40. The van der Waals surface area contributed by atoms with E-state index in [1.807, 2.05) is 43.3 Å². The van der Waals surface area contributed by atoms with Crippen LogP contribution in [0.1, 0.15) is 43.1 Å². The quantitative estimate of drug-likeness (QED) is 0.864. The van der Waals surface area contributed by atoms with Crippen LogP contribution in [0, 0.1) is 5.92 Å². The lowest BCUT2D eigenvalue weighted by molar-refractivity contribution is 0.171. The summed E-state index contributed by atoms with van der Waals surface area (Å²) in [4.78, 5) is 16.8. The number of amides is 2. The summed E-state index contributed by atoms with van der Waals surface area (Å²) >= 11 is 0. The number of urea groups is 1. The molecule has 2 N–H and O–H groups in total. The van der Waals surface area contributed by atoms with Crippen LogP contribution in [0.15, 0.2) is 42.6 Å². The molecular formula is C20H23N3O3. The lowest BCUT2D eigenvalue weighted by atomic mass is 10.0. The van der Waals surface area contributed by atoms with Crippen LogP contribution in [-0.2, 0) is 0 Å². The largest absolute Gasteiger partial charge is 0.486 e. The molecule has 0 bridgehead atoms. The van der Waals surface area contributed by atoms with Gasteiger partial charge in [-0.1, -0.05) is 12.1 Å². The molecule has 6 nitrogen and oxygen atoms in total. The molecule has 0 radical (unpaired) electrons. The number of pyridine rings is 1. The minimum atomic E-state index is -0.185. The van der Waals surface area contributed by atoms with Crippen molar-refractivity contribution in [1.29, 1.82) is 0 Å². The van der Waals surface area contributed by atoms with Crippen LogP contribution >= 0.6 is 0 Å². The number of aromatic nitrogens is 1. The summed E-state index contributed by atoms with van der Waals surface area (Å²) in [6.07, 6.45) is 3.97. The Hall–Kier alpha value is -2.76. The molecule has 2 aromatic rings. The topological polar surface area (TPSA) is 72.5 Å². The third kappa shape index (κ3) is 3.74. The first kappa shape index (κ1) is 16.7. The number of benzene rings is 1. The Morgan fingerprint density at radius 2 is 1.92 bits per heavy atom. The Labute approximate surface area is 152 Å². The first-order chi connectivity index (χ1) is 12.7. The normalized spacial score (nSPS) is 17.9. The fraction of sp³-hybridized carbons (Fsp3) is 0.400. The zero-order valence-corrected chi connectivity index (χ0v) is 14.8. The van der Waals surface area contributed by atoms with E-state index < -0.39 is 0 Å². The van der Waals surface area contributed by atoms with Crippen LogP contribution in [-0.4, -0.2) is 24.2 Å². The van der Waals surface area contributed by atoms with Gasteiger partial charge in [0.05, 0.1) is 17.8 Å². The summed E-state index contributed by atoms with van der Waals surface area (Å²) in [5.41, 5.74) is 1.89. The maximum atomic E-state index is 12.5. The summed E-state index contributed by atoms with van der Waals surface area (Å²) in [5, 5.41) is 6.10. The van der Waals surface area contributed by atoms with Crippen molar-refractivity contribution in [3.8, 4) is 11.5 Å². The molecule has 136 valence electrons. The van der Waals surface area contributed by atoms with Crippen molar-refractivity contribution in [1.82, 2.24) is 15.6 Å². The monoisotopic (exact) mass is 353 g/mol. The third-order valence-corrected chi connectivity index (χ3v) is 4.78. The number of nitrogens with zero attached hydrogens (tertiary/aromatic N) is 1. The first-order valence-corrected chi connectivity index (χ1v) is 9.08. The Morgan fingerprint density at radius 3 is 2.65 bits per heavy atom. The van der Waals surface area contributed by atoms with Crippen molar-refractivity contribution in [2.45, 2.75) is 31.8 Å². The number of hydrogen-bond donors (Lipinski definition) is 2. The number of carbonyl (C=O) groups excluding carboxylic acids is 1. The highest BCUT2D eigenvalue weighted by molar-refractivity contribution is 5.75. The molecule has 2 atom stereocenters. The molecule has 0 spiro atoms. The summed E-state index contributed by atoms with van der Waals surface area (Å²) in [6.45, 7) is 3.06. The van der Waals surface area contributed by atoms with Gasteiger partial charge in [0.1, 0.15) is 13.2 Å². The third-order valence-electron chi connectivity index (χ3n) is 4.78. The van der Waals surface area contributed by atoms with Crippen LogP contribution in [0.4, 0.5) is 4.79 Å². The lowest BCUT2D eigenvalue weighted by Gasteiger charge is -2.24. The van der Waals surface area contributed by atoms with Crippen molar-refractivity contribution in [2.75, 3.05) is 13.2 Å². The summed E-state index contributed by atoms with van der Waals surface area (Å²) in [6, 6.07) is 11.2. The van der Waals surface area contributed by atoms with E-state index in [-0.39, 0.29) is 18.1 Å². The van der Waals surface area contributed by atoms with Gasteiger partial charge in [-0.05, 0) is 55.5 Å². The Morgan fingerprint density at radius 1 is 1.12 bits per heavy atom. The van der Waals surface area contributed by atoms with Crippen LogP contribution in [0.3, 0.4) is 0 Å². The summed E-state index contributed by atoms with van der Waals surface area (Å²) in [5.74, 6) is 1.99. The van der Waals surface area contributed by atoms with Crippen molar-refractivity contribution in [3.63, 3.8) is 0 Å². The van der Waals surface area contributed by atoms with Gasteiger partial charge in [0.25, 0.3) is 0 Å². The fourth-order valence-corrected chi connectivity index (χ4v) is 3.24. The second-order valence-corrected chi connectivity index (χ2v) is 6.81. The first-order valence-electron chi connectivity index (χ1n) is 9.08. The average molecular weight is 353 g/mol. The second kappa shape index (κ2) is 7.23. The minimum absolute atomic E-state index is 0.0261. The summed E-state index contributed by atoms with van der Waals surface area (Å²) in [7, 11) is 0. The van der Waals surface area contributed by atoms with E-state index in [0.717, 1.165) is 35.6 Å². The molecule has 4 rings (SSSR count). The Balaban J connectivity index is 1.45. The SMILES string of the molecule is C[C@@H](NC(=O)N[C@@H](c1ccc2c(c1)OCCO2)C1CC1)c1ccccn1. The predicted octanol–water partition coefficient (Wildman–Crippen LogP) is 3.36. The van der Waals surface area contributed by atoms with Crippen LogP contribution < -0.4 is 20.1 Å². The Kier molecular flexibility index (Phi) is 4.65. The van der Waals surface area contributed by atoms with E-state index >= 15 is 0 Å². The highest BCUT2D eigenvalue weighted by Crippen LogP contribution is 2.43. The van der Waals surface area contributed by atoms with Crippen molar-refractivity contribution < 1.29 is 14.3 Å². The van der Waals surface area contributed by atoms with Gasteiger partial charge < -0.3 is 20.1 Å². The molecule has 2 aliphatic rings. The molecule has 6 heteroatoms. The molecule has 2 heterocycles. The van der Waals surface area contributed by atoms with Gasteiger partial charge in [0.15, 0.2) is 11.5 Å². The van der Waals surface area contributed by atoms with E-state index in [0.29, 0.717) is 19.1 Å². The summed E-state index contributed by atoms with van der Waals surface area (Å²) < 4.78 is 11.3. The maximum Gasteiger partial charge on any atom is 0.315 e. The van der Waals surface area contributed by atoms with E-state index in [1.54, 1.807) is 6.20 Å². The number of nitrogens with one attached hydrogen (secondary N) is 2. The zero-order valence-electron chi connectivity index (χ0n) is 14.8. The van der Waals surface area contributed by atoms with E-state index in [2.05, 4.69) is 15.6 Å². The van der Waals surface area contributed by atoms with Gasteiger partial charge in [-0.2, -0.15) is 0 Å². The molecule has 1 aliphatic carbocycles. The molecule has 0 saturated heterocycles. The van der Waals surface area contributed by atoms with Crippen LogP contribution in [0.25, 0.3) is 0 Å². The molecule has 1 aliphatic heterocycles. The number of carbonyl (C=O) groups is 1. The molecule has 26 heavy (non-hydrogen) atoms. The van der Waals surface area contributed by atoms with E-state index in [4.69, 9.17) is 9.47 Å². The van der Waals surface area contributed by atoms with Gasteiger partial charge in [0.2, 0.25) is 0 Å². The van der Waals surface area contributed by atoms with Crippen molar-refractivity contribution >= 4 is 6.03 Å². The van der Waals surface area contributed by atoms with Crippen molar-refractivity contribution in [2.24, 2.45) is 5.92 Å². The van der Waals surface area contributed by atoms with Gasteiger partial charge >= 0.3 is 6.03 Å². The molecule has 0 unspecified atom stereocenters. The van der Waals surface area contributed by atoms with E-state index in [9.17, 15) is 4.79 Å². The molecule has 1 aromatic heterocycles. The zero-order chi connectivity index (χ0) is 17.9. The van der Waals surface area contributed by atoms with Gasteiger partial charge in [-0.3, -0.25) is 4.98 Å². The van der Waals surface area contributed by atoms with Crippen molar-refractivity contribution in [3.05, 3.63) is 53.9 Å². The minimum Gasteiger partial charge on any atom is -0.486 e.